The van der Waals surface area contributed by atoms with Gasteiger partial charge in [0.25, 0.3) is 5.56 Å². The van der Waals surface area contributed by atoms with Crippen molar-refractivity contribution in [3.8, 4) is 5.69 Å². The highest BCUT2D eigenvalue weighted by Gasteiger charge is 2.43. The molecule has 5 nitrogen and oxygen atoms in total. The summed E-state index contributed by atoms with van der Waals surface area (Å²) in [6.45, 7) is 3.80. The maximum atomic E-state index is 13.3. The summed E-state index contributed by atoms with van der Waals surface area (Å²) in [5.74, 6) is -0.0144. The molecule has 26 heavy (non-hydrogen) atoms. The Morgan fingerprint density at radius 2 is 1.77 bits per heavy atom. The molecule has 0 saturated carbocycles. The Kier molecular flexibility index (Phi) is 4.28. The molecule has 134 valence electrons. The highest BCUT2D eigenvalue weighted by Crippen LogP contribution is 2.46. The number of carbonyl (C=O) groups is 1. The Morgan fingerprint density at radius 3 is 2.42 bits per heavy atom. The van der Waals surface area contributed by atoms with Gasteiger partial charge in [0.05, 0.1) is 16.6 Å². The van der Waals surface area contributed by atoms with E-state index in [0.717, 1.165) is 16.3 Å². The lowest BCUT2D eigenvalue weighted by atomic mass is 10.2. The molecule has 2 aromatic heterocycles. The Bertz CT molecular complexity index is 1010. The van der Waals surface area contributed by atoms with Crippen molar-refractivity contribution in [3.63, 3.8) is 0 Å². The third kappa shape index (κ3) is 2.54. The number of hydrogen-bond donors (Lipinski definition) is 0. The Labute approximate surface area is 159 Å². The normalized spacial score (nSPS) is 20.1. The first-order valence-electron chi connectivity index (χ1n) is 8.36. The largest absolute Gasteiger partial charge is 0.295 e. The van der Waals surface area contributed by atoms with Gasteiger partial charge in [0.1, 0.15) is 11.1 Å². The van der Waals surface area contributed by atoms with E-state index in [4.69, 9.17) is 0 Å². The molecular weight excluding hydrogens is 366 g/mol. The first-order chi connectivity index (χ1) is 12.5. The van der Waals surface area contributed by atoms with Gasteiger partial charge >= 0.3 is 0 Å². The number of anilines is 1. The van der Waals surface area contributed by atoms with E-state index in [1.54, 1.807) is 32.7 Å². The monoisotopic (exact) mass is 385 g/mol. The maximum absolute atomic E-state index is 13.3. The summed E-state index contributed by atoms with van der Waals surface area (Å²) in [6.07, 6.45) is 0. The van der Waals surface area contributed by atoms with Crippen molar-refractivity contribution < 1.29 is 4.79 Å². The molecule has 4 rings (SSSR count). The number of rotatable bonds is 3. The molecule has 1 fully saturated rings. The van der Waals surface area contributed by atoms with Gasteiger partial charge in [-0.05, 0) is 37.4 Å². The van der Waals surface area contributed by atoms with Gasteiger partial charge in [-0.1, -0.05) is 24.3 Å². The molecule has 7 heteroatoms. The third-order valence-corrected chi connectivity index (χ3v) is 7.11. The third-order valence-electron chi connectivity index (χ3n) is 4.70. The number of para-hydroxylation sites is 1. The van der Waals surface area contributed by atoms with Crippen molar-refractivity contribution in [2.75, 3.05) is 4.90 Å². The molecule has 1 aliphatic heterocycles. The number of hydrogen-bond acceptors (Lipinski definition) is 4. The summed E-state index contributed by atoms with van der Waals surface area (Å²) in [5, 5.41) is 1.67. The average molecular weight is 386 g/mol. The molecule has 0 radical (unpaired) electrons. The summed E-state index contributed by atoms with van der Waals surface area (Å²) in [5.41, 5.74) is 1.87. The molecule has 1 saturated heterocycles. The minimum Gasteiger partial charge on any atom is -0.287 e. The van der Waals surface area contributed by atoms with Crippen LogP contribution in [0, 0.1) is 6.92 Å². The topological polar surface area (TPSA) is 47.2 Å². The van der Waals surface area contributed by atoms with Crippen LogP contribution in [0.15, 0.2) is 52.6 Å². The van der Waals surface area contributed by atoms with Crippen LogP contribution in [0.4, 0.5) is 5.69 Å². The van der Waals surface area contributed by atoms with Crippen LogP contribution in [0.25, 0.3) is 5.69 Å². The van der Waals surface area contributed by atoms with Gasteiger partial charge in [-0.25, -0.2) is 4.68 Å². The van der Waals surface area contributed by atoms with Gasteiger partial charge in [-0.15, -0.1) is 23.1 Å². The lowest BCUT2D eigenvalue weighted by Crippen LogP contribution is -2.34. The predicted octanol–water partition coefficient (Wildman–Crippen LogP) is 3.71. The number of aromatic nitrogens is 2. The van der Waals surface area contributed by atoms with Gasteiger partial charge < -0.3 is 0 Å². The highest BCUT2D eigenvalue weighted by atomic mass is 32.2. The Balaban J connectivity index is 1.90. The Hall–Kier alpha value is -2.25. The van der Waals surface area contributed by atoms with Gasteiger partial charge in [0, 0.05) is 11.9 Å². The van der Waals surface area contributed by atoms with Crippen LogP contribution in [0.5, 0.6) is 0 Å². The molecule has 0 bridgehead atoms. The molecule has 0 N–H and O–H groups in total. The summed E-state index contributed by atoms with van der Waals surface area (Å²) in [7, 11) is 1.85. The van der Waals surface area contributed by atoms with Crippen LogP contribution >= 0.6 is 23.1 Å². The quantitative estimate of drug-likeness (QED) is 0.690. The second kappa shape index (κ2) is 6.48. The molecular formula is C19H19N3O2S2. The van der Waals surface area contributed by atoms with E-state index in [1.165, 1.54) is 0 Å². The number of amides is 1. The molecule has 1 aromatic carbocycles. The molecule has 2 atom stereocenters. The van der Waals surface area contributed by atoms with E-state index in [9.17, 15) is 9.59 Å². The van der Waals surface area contributed by atoms with E-state index >= 15 is 0 Å². The second-order valence-corrected chi connectivity index (χ2v) is 8.67. The molecule has 1 aliphatic rings. The number of carbonyl (C=O) groups excluding carboxylic acids is 1. The van der Waals surface area contributed by atoms with Gasteiger partial charge in [-0.2, -0.15) is 0 Å². The summed E-state index contributed by atoms with van der Waals surface area (Å²) < 4.78 is 3.44. The SMILES string of the molecule is Cc1c(N2C(=O)[C@H](C)S[C@@H]2c2cccs2)c(=O)n(-c2ccccc2)n1C. The van der Waals surface area contributed by atoms with Gasteiger partial charge in [0.15, 0.2) is 0 Å². The lowest BCUT2D eigenvalue weighted by molar-refractivity contribution is -0.117. The maximum Gasteiger partial charge on any atom is 0.295 e. The van der Waals surface area contributed by atoms with Gasteiger partial charge in [-0.3, -0.25) is 19.2 Å². The van der Waals surface area contributed by atoms with E-state index in [-0.39, 0.29) is 22.1 Å². The first kappa shape index (κ1) is 17.2. The van der Waals surface area contributed by atoms with Crippen molar-refractivity contribution in [3.05, 3.63) is 68.8 Å². The smallest absolute Gasteiger partial charge is 0.287 e. The lowest BCUT2D eigenvalue weighted by Gasteiger charge is -2.21. The fraction of sp³-hybridized carbons (Fsp3) is 0.263. The summed E-state index contributed by atoms with van der Waals surface area (Å²) >= 11 is 3.20. The Morgan fingerprint density at radius 1 is 1.04 bits per heavy atom. The molecule has 0 aliphatic carbocycles. The molecule has 0 spiro atoms. The van der Waals surface area contributed by atoms with Crippen LogP contribution in [-0.4, -0.2) is 20.5 Å². The number of nitrogens with zero attached hydrogens (tertiary/aromatic N) is 3. The zero-order chi connectivity index (χ0) is 18.4. The van der Waals surface area contributed by atoms with Crippen molar-refractivity contribution in [2.45, 2.75) is 24.5 Å². The number of thioether (sulfide) groups is 1. The van der Waals surface area contributed by atoms with Crippen molar-refractivity contribution in [1.82, 2.24) is 9.36 Å². The summed E-state index contributed by atoms with van der Waals surface area (Å²) in [6, 6.07) is 13.5. The number of benzene rings is 1. The van der Waals surface area contributed by atoms with Crippen LogP contribution in [0.2, 0.25) is 0 Å². The van der Waals surface area contributed by atoms with Crippen molar-refractivity contribution in [1.29, 1.82) is 0 Å². The van der Waals surface area contributed by atoms with E-state index in [2.05, 4.69) is 0 Å². The van der Waals surface area contributed by atoms with Gasteiger partial charge in [0.2, 0.25) is 5.91 Å². The molecule has 3 heterocycles. The zero-order valence-corrected chi connectivity index (χ0v) is 16.4. The highest BCUT2D eigenvalue weighted by molar-refractivity contribution is 8.01. The van der Waals surface area contributed by atoms with Crippen LogP contribution in [0.3, 0.4) is 0 Å². The van der Waals surface area contributed by atoms with Crippen LogP contribution < -0.4 is 10.5 Å². The van der Waals surface area contributed by atoms with E-state index in [0.29, 0.717) is 5.69 Å². The van der Waals surface area contributed by atoms with E-state index in [1.807, 2.05) is 73.4 Å². The molecule has 3 aromatic rings. The minimum atomic E-state index is -0.175. The zero-order valence-electron chi connectivity index (χ0n) is 14.7. The fourth-order valence-corrected chi connectivity index (χ4v) is 5.50. The standard InChI is InChI=1S/C19H19N3O2S2/c1-12-16(18(24)22(20(12)3)14-8-5-4-6-9-14)21-17(23)13(2)26-19(21)15-10-7-11-25-15/h4-11,13,19H,1-3H3/t13-,19+/m0/s1. The minimum absolute atomic E-state index is 0.0144. The first-order valence-corrected chi connectivity index (χ1v) is 10.2. The van der Waals surface area contributed by atoms with Crippen molar-refractivity contribution >= 4 is 34.7 Å². The number of thiophene rings is 1. The fourth-order valence-electron chi connectivity index (χ4n) is 3.31. The summed E-state index contributed by atoms with van der Waals surface area (Å²) in [4.78, 5) is 29.0. The van der Waals surface area contributed by atoms with Crippen LogP contribution in [-0.2, 0) is 11.8 Å². The van der Waals surface area contributed by atoms with E-state index < -0.39 is 0 Å². The predicted molar refractivity (Wildman–Crippen MR) is 107 cm³/mol. The second-order valence-electron chi connectivity index (χ2n) is 6.26. The molecule has 0 unspecified atom stereocenters. The average Bonchev–Trinajstić information content (AvgIpc) is 3.31. The van der Waals surface area contributed by atoms with Crippen molar-refractivity contribution in [2.24, 2.45) is 7.05 Å². The molecule has 1 amide bonds. The van der Waals surface area contributed by atoms with Crippen LogP contribution in [0.1, 0.15) is 22.9 Å².